The first-order valence-corrected chi connectivity index (χ1v) is 12.0. The van der Waals surface area contributed by atoms with Crippen LogP contribution < -0.4 is 9.80 Å². The molecule has 9 nitrogen and oxygen atoms in total. The van der Waals surface area contributed by atoms with Gasteiger partial charge in [-0.2, -0.15) is 5.10 Å². The summed E-state index contributed by atoms with van der Waals surface area (Å²) in [5, 5.41) is 16.1. The average molecular weight is 516 g/mol. The van der Waals surface area contributed by atoms with Gasteiger partial charge in [-0.1, -0.05) is 0 Å². The van der Waals surface area contributed by atoms with Gasteiger partial charge in [0.15, 0.2) is 0 Å². The van der Waals surface area contributed by atoms with E-state index >= 15 is 8.78 Å². The third-order valence-corrected chi connectivity index (χ3v) is 7.12. The Morgan fingerprint density at radius 3 is 2.41 bits per heavy atom. The number of hydrogen-bond acceptors (Lipinski definition) is 7. The Hall–Kier alpha value is -3.64. The molecular formula is C25H28F3N7O2. The van der Waals surface area contributed by atoms with Crippen LogP contribution in [0.5, 0.6) is 0 Å². The van der Waals surface area contributed by atoms with Crippen molar-refractivity contribution < 1.29 is 23.1 Å². The van der Waals surface area contributed by atoms with Gasteiger partial charge in [-0.3, -0.25) is 14.4 Å². The van der Waals surface area contributed by atoms with Crippen LogP contribution in [0.25, 0.3) is 0 Å². The lowest BCUT2D eigenvalue weighted by Gasteiger charge is -2.50. The Labute approximate surface area is 212 Å². The van der Waals surface area contributed by atoms with Crippen molar-refractivity contribution in [3.8, 4) is 0 Å². The number of fused-ring (bicyclic) bond motifs is 1. The first kappa shape index (κ1) is 25.0. The molecule has 3 aromatic rings. The molecule has 1 aromatic heterocycles. The minimum Gasteiger partial charge on any atom is -0.367 e. The number of aryl methyl sites for hydroxylation is 1. The number of rotatable bonds is 6. The first-order valence-electron chi connectivity index (χ1n) is 12.0. The number of nitrogens with zero attached hydrogens (tertiary/aromatic N) is 7. The smallest absolute Gasteiger partial charge is 0.260 e. The van der Waals surface area contributed by atoms with Crippen LogP contribution in [-0.4, -0.2) is 82.4 Å². The maximum Gasteiger partial charge on any atom is 0.260 e. The van der Waals surface area contributed by atoms with Crippen LogP contribution in [0.15, 0.2) is 43.0 Å². The molecule has 1 atom stereocenters. The zero-order valence-corrected chi connectivity index (χ0v) is 20.6. The molecule has 1 fully saturated rings. The van der Waals surface area contributed by atoms with Crippen LogP contribution in [0.1, 0.15) is 22.3 Å². The van der Waals surface area contributed by atoms with E-state index in [-0.39, 0.29) is 23.4 Å². The second kappa shape index (κ2) is 9.67. The second-order valence-corrected chi connectivity index (χ2v) is 9.40. The van der Waals surface area contributed by atoms with E-state index in [4.69, 9.17) is 0 Å². The molecular weight excluding hydrogens is 487 g/mol. The van der Waals surface area contributed by atoms with Gasteiger partial charge in [-0.15, -0.1) is 0 Å². The molecule has 1 amide bonds. The van der Waals surface area contributed by atoms with Crippen molar-refractivity contribution in [1.82, 2.24) is 24.6 Å². The quantitative estimate of drug-likeness (QED) is 0.539. The number of likely N-dealkylation sites (N-methyl/N-ethyl adjacent to an activating group) is 1. The molecule has 1 N–H and O–H groups in total. The molecule has 0 aliphatic carbocycles. The highest BCUT2D eigenvalue weighted by atomic mass is 19.1. The van der Waals surface area contributed by atoms with Gasteiger partial charge in [-0.25, -0.2) is 18.2 Å². The van der Waals surface area contributed by atoms with Gasteiger partial charge in [-0.05, 0) is 37.7 Å². The maximum absolute atomic E-state index is 15.3. The van der Waals surface area contributed by atoms with Crippen molar-refractivity contribution >= 4 is 17.3 Å². The molecule has 37 heavy (non-hydrogen) atoms. The van der Waals surface area contributed by atoms with E-state index < -0.39 is 29.2 Å². The zero-order chi connectivity index (χ0) is 26.3. The van der Waals surface area contributed by atoms with Crippen molar-refractivity contribution in [2.45, 2.75) is 18.8 Å². The van der Waals surface area contributed by atoms with E-state index in [1.54, 1.807) is 4.68 Å². The maximum atomic E-state index is 15.3. The third kappa shape index (κ3) is 4.40. The van der Waals surface area contributed by atoms with Crippen LogP contribution in [0.4, 0.5) is 24.5 Å². The Kier molecular flexibility index (Phi) is 6.54. The predicted molar refractivity (Wildman–Crippen MR) is 130 cm³/mol. The summed E-state index contributed by atoms with van der Waals surface area (Å²) in [4.78, 5) is 24.0. The Morgan fingerprint density at radius 1 is 0.973 bits per heavy atom. The molecule has 0 saturated carbocycles. The number of piperazine rings is 1. The third-order valence-electron chi connectivity index (χ3n) is 7.12. The van der Waals surface area contributed by atoms with Gasteiger partial charge >= 0.3 is 0 Å². The highest BCUT2D eigenvalue weighted by Crippen LogP contribution is 2.44. The first-order chi connectivity index (χ1) is 17.7. The number of hydrogen-bond donors (Lipinski definition) is 1. The molecule has 0 radical (unpaired) electrons. The van der Waals surface area contributed by atoms with Gasteiger partial charge in [0.1, 0.15) is 30.1 Å². The molecule has 1 unspecified atom stereocenters. The number of carbonyl (C=O) groups is 1. The molecule has 0 bridgehead atoms. The zero-order valence-electron chi connectivity index (χ0n) is 20.6. The SMILES string of the molecule is CN1CCN(c2cc3c(cc2F)C(=O)N(CCCn2cncn2)C(O)(c2ccc(F)cc2F)N3C)CC1. The van der Waals surface area contributed by atoms with Gasteiger partial charge in [0.2, 0.25) is 0 Å². The lowest BCUT2D eigenvalue weighted by Crippen LogP contribution is -2.63. The second-order valence-electron chi connectivity index (χ2n) is 9.40. The Balaban J connectivity index is 1.57. The van der Waals surface area contributed by atoms with Gasteiger partial charge < -0.3 is 19.8 Å². The number of amides is 1. The summed E-state index contributed by atoms with van der Waals surface area (Å²) >= 11 is 0. The monoisotopic (exact) mass is 515 g/mol. The van der Waals surface area contributed by atoms with Gasteiger partial charge in [0.05, 0.1) is 22.5 Å². The van der Waals surface area contributed by atoms with Crippen LogP contribution in [0.2, 0.25) is 0 Å². The number of carbonyl (C=O) groups excluding carboxylic acids is 1. The van der Waals surface area contributed by atoms with E-state index in [1.807, 2.05) is 11.9 Å². The number of anilines is 2. The van der Waals surface area contributed by atoms with Crippen molar-refractivity contribution in [2.24, 2.45) is 0 Å². The van der Waals surface area contributed by atoms with Crippen molar-refractivity contribution in [2.75, 3.05) is 56.6 Å². The van der Waals surface area contributed by atoms with E-state index in [1.165, 1.54) is 36.7 Å². The minimum atomic E-state index is -2.29. The van der Waals surface area contributed by atoms with E-state index in [0.29, 0.717) is 37.8 Å². The molecule has 2 aliphatic heterocycles. The fraction of sp³-hybridized carbons (Fsp3) is 0.400. The normalized spacial score (nSPS) is 20.5. The van der Waals surface area contributed by atoms with Gasteiger partial charge in [0.25, 0.3) is 11.8 Å². The molecule has 196 valence electrons. The lowest BCUT2D eigenvalue weighted by molar-refractivity contribution is -0.0992. The summed E-state index contributed by atoms with van der Waals surface area (Å²) in [7, 11) is 3.49. The average Bonchev–Trinajstić information content (AvgIpc) is 3.39. The number of aromatic nitrogens is 3. The van der Waals surface area contributed by atoms with Crippen molar-refractivity contribution in [3.63, 3.8) is 0 Å². The van der Waals surface area contributed by atoms with E-state index in [9.17, 15) is 14.3 Å². The predicted octanol–water partition coefficient (Wildman–Crippen LogP) is 2.23. The lowest BCUT2D eigenvalue weighted by atomic mass is 9.97. The van der Waals surface area contributed by atoms with Crippen molar-refractivity contribution in [3.05, 3.63) is 71.6 Å². The number of aliphatic hydroxyl groups is 1. The summed E-state index contributed by atoms with van der Waals surface area (Å²) in [5.41, 5.74) is 0.305. The van der Waals surface area contributed by atoms with Crippen LogP contribution >= 0.6 is 0 Å². The fourth-order valence-corrected chi connectivity index (χ4v) is 5.01. The fourth-order valence-electron chi connectivity index (χ4n) is 5.01. The standard InChI is InChI=1S/C25H28F3N7O2/c1-31-8-10-33(11-9-31)23-14-22-18(13-21(23)28)24(36)35(7-3-6-34-16-29-15-30-34)25(37,32(22)2)19-5-4-17(26)12-20(19)27/h4-5,12-16,37H,3,6-11H2,1-2H3. The molecule has 0 spiro atoms. The molecule has 1 saturated heterocycles. The molecule has 2 aromatic carbocycles. The summed E-state index contributed by atoms with van der Waals surface area (Å²) < 4.78 is 45.7. The number of benzene rings is 2. The largest absolute Gasteiger partial charge is 0.367 e. The van der Waals surface area contributed by atoms with Gasteiger partial charge in [0, 0.05) is 52.4 Å². The molecule has 2 aliphatic rings. The summed E-state index contributed by atoms with van der Waals surface area (Å²) in [6.45, 7) is 3.03. The summed E-state index contributed by atoms with van der Waals surface area (Å²) in [6.07, 6.45) is 3.23. The van der Waals surface area contributed by atoms with E-state index in [2.05, 4.69) is 15.0 Å². The highest BCUT2D eigenvalue weighted by Gasteiger charge is 2.50. The van der Waals surface area contributed by atoms with Crippen LogP contribution in [0, 0.1) is 17.5 Å². The minimum absolute atomic E-state index is 0.0163. The topological polar surface area (TPSA) is 81.0 Å². The summed E-state index contributed by atoms with van der Waals surface area (Å²) in [5.74, 6) is -5.32. The van der Waals surface area contributed by atoms with E-state index in [0.717, 1.165) is 30.1 Å². The highest BCUT2D eigenvalue weighted by molar-refractivity contribution is 6.03. The van der Waals surface area contributed by atoms with Crippen LogP contribution in [0.3, 0.4) is 0 Å². The Bertz CT molecular complexity index is 1300. The van der Waals surface area contributed by atoms with Crippen molar-refractivity contribution in [1.29, 1.82) is 0 Å². The molecule has 12 heteroatoms. The Morgan fingerprint density at radius 2 is 1.73 bits per heavy atom. The molecule has 5 rings (SSSR count). The van der Waals surface area contributed by atoms with Crippen LogP contribution in [-0.2, 0) is 12.4 Å². The molecule has 3 heterocycles. The summed E-state index contributed by atoms with van der Waals surface area (Å²) in [6, 6.07) is 5.50. The number of halogens is 3.